The zero-order valence-electron chi connectivity index (χ0n) is 21.4. The van der Waals surface area contributed by atoms with Crippen LogP contribution in [-0.4, -0.2) is 60.7 Å². The molecule has 9 nitrogen and oxygen atoms in total. The number of carbonyl (C=O) groups excluding carboxylic acids is 2. The highest BCUT2D eigenvalue weighted by Crippen LogP contribution is 2.28. The molecule has 2 aliphatic rings. The predicted molar refractivity (Wildman–Crippen MR) is 146 cm³/mol. The molecule has 196 valence electrons. The number of nitrogens with one attached hydrogen (secondary N) is 1. The lowest BCUT2D eigenvalue weighted by Gasteiger charge is -2.27. The Kier molecular flexibility index (Phi) is 8.77. The van der Waals surface area contributed by atoms with Gasteiger partial charge in [-0.15, -0.1) is 0 Å². The second-order valence-corrected chi connectivity index (χ2v) is 9.63. The summed E-state index contributed by atoms with van der Waals surface area (Å²) >= 11 is 0. The molecule has 37 heavy (non-hydrogen) atoms. The number of rotatable bonds is 8. The quantitative estimate of drug-likeness (QED) is 0.472. The molecule has 1 saturated heterocycles. The van der Waals surface area contributed by atoms with Gasteiger partial charge in [0.25, 0.3) is 11.8 Å². The van der Waals surface area contributed by atoms with Gasteiger partial charge in [-0.25, -0.2) is 4.98 Å². The van der Waals surface area contributed by atoms with Crippen LogP contribution in [0.25, 0.3) is 5.57 Å². The number of anilines is 1. The zero-order valence-corrected chi connectivity index (χ0v) is 21.4. The van der Waals surface area contributed by atoms with E-state index in [1.165, 1.54) is 12.6 Å². The molecule has 4 rings (SSSR count). The summed E-state index contributed by atoms with van der Waals surface area (Å²) in [5.74, 6) is 0.756. The maximum absolute atomic E-state index is 13.1. The third kappa shape index (κ3) is 6.47. The molecular formula is C28H36N6O3. The van der Waals surface area contributed by atoms with E-state index in [2.05, 4.69) is 15.3 Å². The molecular weight excluding hydrogens is 468 g/mol. The SMILES string of the molecule is CN=CC(=CN)c1cnc(N)c(C(=O)N[C@H]2CCC[C@@H]2COc2cccc(C(=O)N3CCCCC3)c2)c1. The van der Waals surface area contributed by atoms with Crippen molar-refractivity contribution in [3.63, 3.8) is 0 Å². The first-order valence-corrected chi connectivity index (χ1v) is 12.9. The van der Waals surface area contributed by atoms with Crippen molar-refractivity contribution < 1.29 is 14.3 Å². The minimum Gasteiger partial charge on any atom is -0.493 e. The Balaban J connectivity index is 1.38. The number of carbonyl (C=O) groups is 2. The van der Waals surface area contributed by atoms with Gasteiger partial charge in [-0.3, -0.25) is 14.6 Å². The van der Waals surface area contributed by atoms with Gasteiger partial charge < -0.3 is 26.4 Å². The molecule has 0 bridgehead atoms. The molecule has 2 aromatic rings. The van der Waals surface area contributed by atoms with Crippen LogP contribution in [0.5, 0.6) is 5.75 Å². The first-order valence-electron chi connectivity index (χ1n) is 12.9. The number of ether oxygens (including phenoxy) is 1. The number of pyridine rings is 1. The summed E-state index contributed by atoms with van der Waals surface area (Å²) in [4.78, 5) is 36.1. The van der Waals surface area contributed by atoms with Crippen molar-refractivity contribution in [1.82, 2.24) is 15.2 Å². The van der Waals surface area contributed by atoms with Crippen LogP contribution in [0.2, 0.25) is 0 Å². The highest BCUT2D eigenvalue weighted by atomic mass is 16.5. The van der Waals surface area contributed by atoms with E-state index in [1.54, 1.807) is 25.5 Å². The van der Waals surface area contributed by atoms with Gasteiger partial charge in [0.2, 0.25) is 0 Å². The van der Waals surface area contributed by atoms with Gasteiger partial charge in [0, 0.05) is 67.4 Å². The molecule has 1 aliphatic heterocycles. The fraction of sp³-hybridized carbons (Fsp3) is 0.429. The number of hydrogen-bond donors (Lipinski definition) is 3. The summed E-state index contributed by atoms with van der Waals surface area (Å²) in [7, 11) is 1.65. The van der Waals surface area contributed by atoms with Crippen LogP contribution < -0.4 is 21.5 Å². The van der Waals surface area contributed by atoms with Crippen LogP contribution in [-0.2, 0) is 0 Å². The molecule has 5 N–H and O–H groups in total. The van der Waals surface area contributed by atoms with Gasteiger partial charge in [-0.1, -0.05) is 12.5 Å². The Morgan fingerprint density at radius 2 is 1.97 bits per heavy atom. The summed E-state index contributed by atoms with van der Waals surface area (Å²) in [6, 6.07) is 9.03. The zero-order chi connectivity index (χ0) is 26.2. The number of hydrogen-bond acceptors (Lipinski definition) is 7. The van der Waals surface area contributed by atoms with E-state index in [0.29, 0.717) is 34.6 Å². The van der Waals surface area contributed by atoms with Crippen LogP contribution in [0.1, 0.15) is 64.8 Å². The monoisotopic (exact) mass is 504 g/mol. The first kappa shape index (κ1) is 26.2. The molecule has 0 unspecified atom stereocenters. The number of aliphatic imine (C=N–C) groups is 1. The minimum absolute atomic E-state index is 0.0459. The molecule has 0 spiro atoms. The van der Waals surface area contributed by atoms with Crippen LogP contribution in [0.15, 0.2) is 47.7 Å². The summed E-state index contributed by atoms with van der Waals surface area (Å²) in [6.45, 7) is 2.08. The van der Waals surface area contributed by atoms with E-state index in [4.69, 9.17) is 16.2 Å². The van der Waals surface area contributed by atoms with Crippen molar-refractivity contribution in [3.05, 3.63) is 59.4 Å². The van der Waals surface area contributed by atoms with Gasteiger partial charge in [0.15, 0.2) is 0 Å². The lowest BCUT2D eigenvalue weighted by atomic mass is 10.0. The highest BCUT2D eigenvalue weighted by Gasteiger charge is 2.30. The van der Waals surface area contributed by atoms with Gasteiger partial charge in [0.1, 0.15) is 11.6 Å². The lowest BCUT2D eigenvalue weighted by Crippen LogP contribution is -2.39. The standard InChI is InChI=1S/C28H36N6O3/c1-31-16-22(15-29)21-14-24(26(30)32-17-21)27(35)33-25-10-6-8-20(25)18-37-23-9-5-7-19(13-23)28(36)34-11-3-2-4-12-34/h5,7,9,13-17,20,25H,2-4,6,8,10-12,18,29H2,1H3,(H2,30,32)(H,33,35)/t20-,25+/m1/s1. The fourth-order valence-electron chi connectivity index (χ4n) is 5.04. The number of likely N-dealkylation sites (tertiary alicyclic amines) is 1. The maximum atomic E-state index is 13.1. The van der Waals surface area contributed by atoms with E-state index in [-0.39, 0.29) is 29.6 Å². The maximum Gasteiger partial charge on any atom is 0.255 e. The third-order valence-corrected chi connectivity index (χ3v) is 7.11. The van der Waals surface area contributed by atoms with Gasteiger partial charge in [-0.05, 0) is 56.4 Å². The molecule has 1 aromatic carbocycles. The first-order chi connectivity index (χ1) is 18.0. The Morgan fingerprint density at radius 3 is 2.73 bits per heavy atom. The Labute approximate surface area is 218 Å². The second kappa shape index (κ2) is 12.4. The Morgan fingerprint density at radius 1 is 1.16 bits per heavy atom. The number of nitrogen functional groups attached to an aromatic ring is 1. The number of aromatic nitrogens is 1. The van der Waals surface area contributed by atoms with Crippen molar-refractivity contribution >= 4 is 29.4 Å². The smallest absolute Gasteiger partial charge is 0.255 e. The number of nitrogens with zero attached hydrogens (tertiary/aromatic N) is 3. The number of amides is 2. The number of allylic oxidation sites excluding steroid dienone is 1. The van der Waals surface area contributed by atoms with Crippen molar-refractivity contribution in [2.24, 2.45) is 16.6 Å². The molecule has 1 aromatic heterocycles. The second-order valence-electron chi connectivity index (χ2n) is 9.63. The number of benzene rings is 1. The van der Waals surface area contributed by atoms with Gasteiger partial charge in [-0.2, -0.15) is 0 Å². The van der Waals surface area contributed by atoms with Crippen molar-refractivity contribution in [1.29, 1.82) is 0 Å². The van der Waals surface area contributed by atoms with Gasteiger partial charge >= 0.3 is 0 Å². The summed E-state index contributed by atoms with van der Waals surface area (Å²) < 4.78 is 6.11. The summed E-state index contributed by atoms with van der Waals surface area (Å²) in [6.07, 6.45) is 10.7. The molecule has 1 saturated carbocycles. The summed E-state index contributed by atoms with van der Waals surface area (Å²) in [5, 5.41) is 3.13. The molecule has 2 fully saturated rings. The predicted octanol–water partition coefficient (Wildman–Crippen LogP) is 3.27. The average molecular weight is 505 g/mol. The molecule has 2 atom stereocenters. The normalized spacial score (nSPS) is 20.2. The van der Waals surface area contributed by atoms with Crippen LogP contribution in [0, 0.1) is 5.92 Å². The van der Waals surface area contributed by atoms with Crippen LogP contribution in [0.3, 0.4) is 0 Å². The number of nitrogens with two attached hydrogens (primary N) is 2. The van der Waals surface area contributed by atoms with Crippen molar-refractivity contribution in [2.45, 2.75) is 44.6 Å². The highest BCUT2D eigenvalue weighted by molar-refractivity contribution is 6.10. The van der Waals surface area contributed by atoms with E-state index in [9.17, 15) is 9.59 Å². The van der Waals surface area contributed by atoms with Crippen LogP contribution in [0.4, 0.5) is 5.82 Å². The minimum atomic E-state index is -0.275. The van der Waals surface area contributed by atoms with E-state index >= 15 is 0 Å². The van der Waals surface area contributed by atoms with Crippen molar-refractivity contribution in [2.75, 3.05) is 32.5 Å². The molecule has 2 amide bonds. The average Bonchev–Trinajstić information content (AvgIpc) is 3.37. The van der Waals surface area contributed by atoms with Crippen LogP contribution >= 0.6 is 0 Å². The third-order valence-electron chi connectivity index (χ3n) is 7.11. The molecule has 9 heteroatoms. The molecule has 2 heterocycles. The molecule has 1 aliphatic carbocycles. The van der Waals surface area contributed by atoms with E-state index in [0.717, 1.165) is 45.2 Å². The lowest BCUT2D eigenvalue weighted by molar-refractivity contribution is 0.0723. The molecule has 0 radical (unpaired) electrons. The number of piperidine rings is 1. The van der Waals surface area contributed by atoms with E-state index in [1.807, 2.05) is 29.2 Å². The van der Waals surface area contributed by atoms with Gasteiger partial charge in [0.05, 0.1) is 12.2 Å². The van der Waals surface area contributed by atoms with E-state index < -0.39 is 0 Å². The largest absolute Gasteiger partial charge is 0.493 e. The summed E-state index contributed by atoms with van der Waals surface area (Å²) in [5.41, 5.74) is 14.0. The Hall–Kier alpha value is -3.88. The van der Waals surface area contributed by atoms with Crippen molar-refractivity contribution in [3.8, 4) is 5.75 Å². The topological polar surface area (TPSA) is 136 Å². The Bertz CT molecular complexity index is 1170. The fourth-order valence-corrected chi connectivity index (χ4v) is 5.04.